The average Bonchev–Trinajstić information content (AvgIpc) is 3.21. The van der Waals surface area contributed by atoms with Gasteiger partial charge >= 0.3 is 6.03 Å². The fourth-order valence-corrected chi connectivity index (χ4v) is 3.48. The molecular formula is C22H23N5O2S. The number of aromatic nitrogens is 2. The molecule has 0 fully saturated rings. The maximum atomic E-state index is 12.3. The van der Waals surface area contributed by atoms with E-state index in [0.29, 0.717) is 17.9 Å². The fourth-order valence-electron chi connectivity index (χ4n) is 2.72. The summed E-state index contributed by atoms with van der Waals surface area (Å²) in [5.74, 6) is 0.0936. The van der Waals surface area contributed by atoms with Gasteiger partial charge in [-0.3, -0.25) is 9.36 Å². The van der Waals surface area contributed by atoms with E-state index >= 15 is 0 Å². The molecule has 3 N–H and O–H groups in total. The predicted octanol–water partition coefficient (Wildman–Crippen LogP) is 4.22. The summed E-state index contributed by atoms with van der Waals surface area (Å²) < 4.78 is 1.98. The van der Waals surface area contributed by atoms with Crippen molar-refractivity contribution in [3.8, 4) is 5.69 Å². The Morgan fingerprint density at radius 2 is 1.80 bits per heavy atom. The summed E-state index contributed by atoms with van der Waals surface area (Å²) in [4.78, 5) is 28.3. The van der Waals surface area contributed by atoms with Crippen LogP contribution in [0.1, 0.15) is 5.56 Å². The topological polar surface area (TPSA) is 88.1 Å². The number of benzene rings is 2. The zero-order valence-electron chi connectivity index (χ0n) is 16.6. The standard InChI is InChI=1S/C22H23N5O2S/c1-3-12-23-21(29)26-18-10-8-17(9-11-18)25-20(28)15-30-22-24-13-14-27(22)19-7-5-4-6-16(19)2/h3-11,13-14H,1,12,15H2,2H3,(H,25,28)(H2,23,26,29). The average molecular weight is 422 g/mol. The zero-order valence-corrected chi connectivity index (χ0v) is 17.4. The summed E-state index contributed by atoms with van der Waals surface area (Å²) in [7, 11) is 0. The van der Waals surface area contributed by atoms with Crippen LogP contribution in [0.2, 0.25) is 0 Å². The molecule has 154 valence electrons. The number of carbonyl (C=O) groups excluding carboxylic acids is 2. The normalized spacial score (nSPS) is 10.3. The molecule has 0 radical (unpaired) electrons. The van der Waals surface area contributed by atoms with Gasteiger partial charge in [-0.1, -0.05) is 36.0 Å². The number of anilines is 2. The van der Waals surface area contributed by atoms with Crippen molar-refractivity contribution in [2.45, 2.75) is 12.1 Å². The van der Waals surface area contributed by atoms with Crippen molar-refractivity contribution in [2.24, 2.45) is 0 Å². The molecule has 0 bridgehead atoms. The van der Waals surface area contributed by atoms with Gasteiger partial charge in [0, 0.05) is 30.3 Å². The Balaban J connectivity index is 1.53. The van der Waals surface area contributed by atoms with Crippen LogP contribution >= 0.6 is 11.8 Å². The van der Waals surface area contributed by atoms with Gasteiger partial charge in [0.25, 0.3) is 0 Å². The fraction of sp³-hybridized carbons (Fsp3) is 0.136. The molecule has 1 heterocycles. The third kappa shape index (κ3) is 5.74. The minimum atomic E-state index is -0.313. The van der Waals surface area contributed by atoms with Crippen molar-refractivity contribution in [2.75, 3.05) is 22.9 Å². The van der Waals surface area contributed by atoms with Crippen LogP contribution in [0.3, 0.4) is 0 Å². The first-order valence-corrected chi connectivity index (χ1v) is 10.3. The molecule has 0 saturated carbocycles. The number of hydrogen-bond donors (Lipinski definition) is 3. The molecule has 3 aromatic rings. The van der Waals surface area contributed by atoms with E-state index in [2.05, 4.69) is 27.5 Å². The van der Waals surface area contributed by atoms with Gasteiger partial charge in [0.1, 0.15) is 0 Å². The minimum Gasteiger partial charge on any atom is -0.334 e. The number of hydrogen-bond acceptors (Lipinski definition) is 4. The molecule has 2 aromatic carbocycles. The maximum Gasteiger partial charge on any atom is 0.319 e. The van der Waals surface area contributed by atoms with Crippen molar-refractivity contribution in [1.82, 2.24) is 14.9 Å². The van der Waals surface area contributed by atoms with Crippen LogP contribution in [-0.4, -0.2) is 33.8 Å². The number of rotatable bonds is 8. The van der Waals surface area contributed by atoms with Gasteiger partial charge in [-0.2, -0.15) is 0 Å². The molecule has 0 spiro atoms. The number of amides is 3. The summed E-state index contributed by atoms with van der Waals surface area (Å²) in [6.45, 7) is 5.97. The Labute approximate surface area is 179 Å². The summed E-state index contributed by atoms with van der Waals surface area (Å²) in [5.41, 5.74) is 3.45. The van der Waals surface area contributed by atoms with Crippen LogP contribution in [-0.2, 0) is 4.79 Å². The zero-order chi connectivity index (χ0) is 21.3. The molecule has 0 aliphatic heterocycles. The van der Waals surface area contributed by atoms with E-state index < -0.39 is 0 Å². The van der Waals surface area contributed by atoms with Crippen LogP contribution in [0, 0.1) is 6.92 Å². The highest BCUT2D eigenvalue weighted by atomic mass is 32.2. The van der Waals surface area contributed by atoms with Gasteiger partial charge in [-0.25, -0.2) is 9.78 Å². The van der Waals surface area contributed by atoms with Crippen LogP contribution in [0.5, 0.6) is 0 Å². The Hall–Kier alpha value is -3.52. The monoisotopic (exact) mass is 421 g/mol. The van der Waals surface area contributed by atoms with Gasteiger partial charge in [0.15, 0.2) is 5.16 Å². The number of urea groups is 1. The molecule has 0 atom stereocenters. The Bertz CT molecular complexity index is 1030. The van der Waals surface area contributed by atoms with E-state index in [4.69, 9.17) is 0 Å². The van der Waals surface area contributed by atoms with Crippen molar-refractivity contribution < 1.29 is 9.59 Å². The minimum absolute atomic E-state index is 0.135. The lowest BCUT2D eigenvalue weighted by Crippen LogP contribution is -2.28. The number of para-hydroxylation sites is 1. The van der Waals surface area contributed by atoms with Crippen LogP contribution in [0.15, 0.2) is 78.7 Å². The first-order chi connectivity index (χ1) is 14.6. The van der Waals surface area contributed by atoms with Crippen molar-refractivity contribution in [1.29, 1.82) is 0 Å². The summed E-state index contributed by atoms with van der Waals surface area (Å²) >= 11 is 1.37. The molecule has 1 aromatic heterocycles. The highest BCUT2D eigenvalue weighted by Gasteiger charge is 2.11. The number of nitrogens with one attached hydrogen (secondary N) is 3. The van der Waals surface area contributed by atoms with Gasteiger partial charge in [0.2, 0.25) is 5.91 Å². The van der Waals surface area contributed by atoms with E-state index in [9.17, 15) is 9.59 Å². The van der Waals surface area contributed by atoms with Gasteiger partial charge in [-0.05, 0) is 42.8 Å². The van der Waals surface area contributed by atoms with E-state index in [1.54, 1.807) is 36.5 Å². The first kappa shape index (κ1) is 21.2. The largest absolute Gasteiger partial charge is 0.334 e. The smallest absolute Gasteiger partial charge is 0.319 e. The van der Waals surface area contributed by atoms with Gasteiger partial charge in [0.05, 0.1) is 11.4 Å². The molecule has 0 unspecified atom stereocenters. The second-order valence-corrected chi connectivity index (χ2v) is 7.35. The third-order valence-corrected chi connectivity index (χ3v) is 5.11. The highest BCUT2D eigenvalue weighted by Crippen LogP contribution is 2.23. The Kier molecular flexibility index (Phi) is 7.29. The summed E-state index contributed by atoms with van der Waals surface area (Å²) in [6, 6.07) is 14.6. The first-order valence-electron chi connectivity index (χ1n) is 9.34. The lowest BCUT2D eigenvalue weighted by molar-refractivity contribution is -0.113. The molecule has 0 saturated heterocycles. The van der Waals surface area contributed by atoms with E-state index in [1.807, 2.05) is 42.0 Å². The van der Waals surface area contributed by atoms with Gasteiger partial charge < -0.3 is 16.0 Å². The van der Waals surface area contributed by atoms with E-state index in [-0.39, 0.29) is 17.7 Å². The predicted molar refractivity (Wildman–Crippen MR) is 121 cm³/mol. The Morgan fingerprint density at radius 1 is 1.10 bits per heavy atom. The van der Waals surface area contributed by atoms with Crippen molar-refractivity contribution in [3.63, 3.8) is 0 Å². The molecule has 0 aliphatic carbocycles. The number of carbonyl (C=O) groups is 2. The van der Waals surface area contributed by atoms with E-state index in [1.165, 1.54) is 11.8 Å². The van der Waals surface area contributed by atoms with Crippen LogP contribution in [0.25, 0.3) is 5.69 Å². The van der Waals surface area contributed by atoms with Crippen LogP contribution in [0.4, 0.5) is 16.2 Å². The maximum absolute atomic E-state index is 12.3. The lowest BCUT2D eigenvalue weighted by atomic mass is 10.2. The van der Waals surface area contributed by atoms with Crippen LogP contribution < -0.4 is 16.0 Å². The number of aryl methyl sites for hydroxylation is 1. The SMILES string of the molecule is C=CCNC(=O)Nc1ccc(NC(=O)CSc2nccn2-c2ccccc2C)cc1. The van der Waals surface area contributed by atoms with Gasteiger partial charge in [-0.15, -0.1) is 6.58 Å². The highest BCUT2D eigenvalue weighted by molar-refractivity contribution is 7.99. The molecular weight excluding hydrogens is 398 g/mol. The molecule has 30 heavy (non-hydrogen) atoms. The van der Waals surface area contributed by atoms with Crippen molar-refractivity contribution in [3.05, 3.63) is 79.1 Å². The second-order valence-electron chi connectivity index (χ2n) is 6.40. The van der Waals surface area contributed by atoms with E-state index in [0.717, 1.165) is 16.4 Å². The number of imidazole rings is 1. The quantitative estimate of drug-likeness (QED) is 0.375. The molecule has 0 aliphatic rings. The summed E-state index contributed by atoms with van der Waals surface area (Å²) in [5, 5.41) is 8.94. The molecule has 7 nitrogen and oxygen atoms in total. The lowest BCUT2D eigenvalue weighted by Gasteiger charge is -2.10. The molecule has 3 amide bonds. The molecule has 3 rings (SSSR count). The number of nitrogens with zero attached hydrogens (tertiary/aromatic N) is 2. The second kappa shape index (κ2) is 10.3. The number of thioether (sulfide) groups is 1. The molecule has 8 heteroatoms. The van der Waals surface area contributed by atoms with Crippen molar-refractivity contribution >= 4 is 35.1 Å². The Morgan fingerprint density at radius 3 is 2.50 bits per heavy atom. The summed E-state index contributed by atoms with van der Waals surface area (Å²) in [6.07, 6.45) is 5.22. The third-order valence-electron chi connectivity index (χ3n) is 4.15.